The summed E-state index contributed by atoms with van der Waals surface area (Å²) in [5, 5.41) is 0.983. The van der Waals surface area contributed by atoms with Gasteiger partial charge >= 0.3 is 0 Å². The molecule has 0 amide bonds. The fourth-order valence-electron chi connectivity index (χ4n) is 1.91. The molecule has 0 saturated heterocycles. The summed E-state index contributed by atoms with van der Waals surface area (Å²) < 4.78 is 10.8. The molecule has 22 heavy (non-hydrogen) atoms. The Bertz CT molecular complexity index is 411. The first-order chi connectivity index (χ1) is 10.7. The van der Waals surface area contributed by atoms with E-state index in [9.17, 15) is 9.79 Å². The SMILES string of the molecule is CCCCCO[P+]([O-])=C1C=CC=CC1=[P+]([O-])OCCCCC. The topological polar surface area (TPSA) is 64.6 Å². The van der Waals surface area contributed by atoms with Crippen molar-refractivity contribution in [2.75, 3.05) is 13.2 Å². The molecule has 0 heterocycles. The molecule has 6 heteroatoms. The monoisotopic (exact) mass is 344 g/mol. The van der Waals surface area contributed by atoms with E-state index in [2.05, 4.69) is 13.8 Å². The van der Waals surface area contributed by atoms with Crippen LogP contribution >= 0.6 is 16.0 Å². The maximum Gasteiger partial charge on any atom is 0.233 e. The molecule has 2 atom stereocenters. The predicted molar refractivity (Wildman–Crippen MR) is 93.1 cm³/mol. The van der Waals surface area contributed by atoms with Crippen molar-refractivity contribution in [2.45, 2.75) is 52.4 Å². The van der Waals surface area contributed by atoms with E-state index < -0.39 is 16.0 Å². The minimum absolute atomic E-state index is 0.464. The predicted octanol–water partition coefficient (Wildman–Crippen LogP) is 3.22. The van der Waals surface area contributed by atoms with Gasteiger partial charge in [-0.15, -0.1) is 0 Å². The summed E-state index contributed by atoms with van der Waals surface area (Å²) in [4.78, 5) is 24.5. The molecule has 0 spiro atoms. The lowest BCUT2D eigenvalue weighted by Crippen LogP contribution is -2.17. The number of hydrogen-bond acceptors (Lipinski definition) is 4. The Hall–Kier alpha value is -0.340. The van der Waals surface area contributed by atoms with Crippen LogP contribution in [0.2, 0.25) is 0 Å². The zero-order valence-electron chi connectivity index (χ0n) is 13.5. The van der Waals surface area contributed by atoms with Gasteiger partial charge in [-0.05, 0) is 25.0 Å². The van der Waals surface area contributed by atoms with E-state index in [4.69, 9.17) is 9.05 Å². The number of unbranched alkanes of at least 4 members (excludes halogenated alkanes) is 4. The van der Waals surface area contributed by atoms with Crippen molar-refractivity contribution in [1.29, 1.82) is 0 Å². The lowest BCUT2D eigenvalue weighted by molar-refractivity contribution is -0.173. The summed E-state index contributed by atoms with van der Waals surface area (Å²) in [6.45, 7) is 5.14. The normalized spacial score (nSPS) is 18.7. The van der Waals surface area contributed by atoms with Crippen LogP contribution in [0.4, 0.5) is 0 Å². The third kappa shape index (κ3) is 7.28. The summed E-state index contributed by atoms with van der Waals surface area (Å²) in [5.74, 6) is 0. The maximum absolute atomic E-state index is 12.3. The van der Waals surface area contributed by atoms with E-state index in [1.807, 2.05) is 0 Å². The Balaban J connectivity index is 2.69. The first-order valence-corrected chi connectivity index (χ1v) is 10.4. The smallest absolute Gasteiger partial charge is 0.233 e. The van der Waals surface area contributed by atoms with Gasteiger partial charge in [0.2, 0.25) is 26.6 Å². The summed E-state index contributed by atoms with van der Waals surface area (Å²) in [5.41, 5.74) is 0. The molecule has 4 nitrogen and oxygen atoms in total. The van der Waals surface area contributed by atoms with Crippen LogP contribution in [-0.2, 0) is 9.05 Å². The molecule has 0 aromatic rings. The molecule has 2 unspecified atom stereocenters. The molecular formula is C16H26O4P2. The second kappa shape index (κ2) is 12.1. The molecule has 0 aromatic carbocycles. The highest BCUT2D eigenvalue weighted by Gasteiger charge is 2.24. The molecule has 1 aliphatic carbocycles. The number of rotatable bonds is 10. The van der Waals surface area contributed by atoms with Crippen LogP contribution in [0, 0.1) is 0 Å². The largest absolute Gasteiger partial charge is 0.602 e. The fourth-order valence-corrected chi connectivity index (χ4v) is 4.21. The fraction of sp³-hybridized carbons (Fsp3) is 0.625. The van der Waals surface area contributed by atoms with Gasteiger partial charge in [-0.3, -0.25) is 0 Å². The van der Waals surface area contributed by atoms with Crippen molar-refractivity contribution in [2.24, 2.45) is 0 Å². The Kier molecular flexibility index (Phi) is 10.9. The minimum Gasteiger partial charge on any atom is -0.602 e. The van der Waals surface area contributed by atoms with Gasteiger partial charge in [-0.2, -0.15) is 9.05 Å². The van der Waals surface area contributed by atoms with Crippen LogP contribution in [-0.4, -0.2) is 23.8 Å². The lowest BCUT2D eigenvalue weighted by Gasteiger charge is -2.07. The van der Waals surface area contributed by atoms with Crippen LogP contribution in [0.25, 0.3) is 0 Å². The van der Waals surface area contributed by atoms with Gasteiger partial charge in [-0.1, -0.05) is 51.7 Å². The Morgan fingerprint density at radius 2 is 1.18 bits per heavy atom. The molecule has 124 valence electrons. The molecule has 0 aliphatic heterocycles. The molecule has 0 fully saturated rings. The highest BCUT2D eigenvalue weighted by atomic mass is 31.1. The summed E-state index contributed by atoms with van der Waals surface area (Å²) in [6.07, 6.45) is 13.0. The van der Waals surface area contributed by atoms with Crippen LogP contribution in [0.3, 0.4) is 0 Å². The average molecular weight is 344 g/mol. The minimum atomic E-state index is -1.98. The van der Waals surface area contributed by atoms with E-state index in [0.717, 1.165) is 38.5 Å². The quantitative estimate of drug-likeness (QED) is 0.451. The van der Waals surface area contributed by atoms with Gasteiger partial charge in [-0.25, -0.2) is 0 Å². The van der Waals surface area contributed by atoms with E-state index in [-0.39, 0.29) is 0 Å². The maximum atomic E-state index is 12.3. The van der Waals surface area contributed by atoms with Crippen LogP contribution < -0.4 is 9.79 Å². The van der Waals surface area contributed by atoms with Gasteiger partial charge in [0, 0.05) is 0 Å². The van der Waals surface area contributed by atoms with Crippen LogP contribution in [0.15, 0.2) is 24.3 Å². The third-order valence-corrected chi connectivity index (χ3v) is 5.77. The van der Waals surface area contributed by atoms with Gasteiger partial charge < -0.3 is 9.79 Å². The zero-order valence-corrected chi connectivity index (χ0v) is 15.3. The van der Waals surface area contributed by atoms with Gasteiger partial charge in [0.05, 0.1) is 13.2 Å². The first kappa shape index (κ1) is 19.7. The van der Waals surface area contributed by atoms with Crippen LogP contribution in [0.1, 0.15) is 52.4 Å². The van der Waals surface area contributed by atoms with Crippen molar-refractivity contribution in [1.82, 2.24) is 0 Å². The molecule has 0 saturated carbocycles. The molecular weight excluding hydrogens is 318 g/mol. The Labute approximate surface area is 136 Å². The Morgan fingerprint density at radius 1 is 0.773 bits per heavy atom. The van der Waals surface area contributed by atoms with Crippen molar-refractivity contribution < 1.29 is 18.8 Å². The van der Waals surface area contributed by atoms with Gasteiger partial charge in [0.15, 0.2) is 0 Å². The van der Waals surface area contributed by atoms with Crippen molar-refractivity contribution >= 4 is 26.6 Å². The molecule has 0 radical (unpaired) electrons. The summed E-state index contributed by atoms with van der Waals surface area (Å²) >= 11 is 0. The van der Waals surface area contributed by atoms with E-state index in [1.165, 1.54) is 0 Å². The summed E-state index contributed by atoms with van der Waals surface area (Å²) in [6, 6.07) is 0. The molecule has 0 N–H and O–H groups in total. The Morgan fingerprint density at radius 3 is 1.55 bits per heavy atom. The molecule has 0 bridgehead atoms. The number of allylic oxidation sites excluding steroid dienone is 4. The second-order valence-corrected chi connectivity index (χ2v) is 7.59. The van der Waals surface area contributed by atoms with E-state index in [0.29, 0.717) is 23.8 Å². The highest BCUT2D eigenvalue weighted by molar-refractivity contribution is 7.59. The third-order valence-electron chi connectivity index (χ3n) is 3.19. The van der Waals surface area contributed by atoms with Crippen LogP contribution in [0.5, 0.6) is 0 Å². The molecule has 1 aliphatic rings. The standard InChI is InChI=1S/C16H26O4P2/c1-3-5-9-13-19-21(17)15-11-7-8-12-16(15)22(18)20-14-10-6-4-2/h7-8,11-12H,3-6,9-10,13-14H2,1-2H3. The van der Waals surface area contributed by atoms with Gasteiger partial charge in [0.25, 0.3) is 0 Å². The second-order valence-electron chi connectivity index (χ2n) is 5.08. The average Bonchev–Trinajstić information content (AvgIpc) is 2.55. The van der Waals surface area contributed by atoms with Crippen molar-refractivity contribution in [3.63, 3.8) is 0 Å². The zero-order chi connectivity index (χ0) is 16.2. The first-order valence-electron chi connectivity index (χ1n) is 8.00. The lowest BCUT2D eigenvalue weighted by atomic mass is 10.2. The molecule has 1 rings (SSSR count). The molecule has 0 aromatic heterocycles. The van der Waals surface area contributed by atoms with E-state index in [1.54, 1.807) is 24.3 Å². The van der Waals surface area contributed by atoms with Gasteiger partial charge in [0.1, 0.15) is 0 Å². The van der Waals surface area contributed by atoms with Crippen molar-refractivity contribution in [3.05, 3.63) is 24.3 Å². The summed E-state index contributed by atoms with van der Waals surface area (Å²) in [7, 11) is -3.96. The number of hydrogen-bond donors (Lipinski definition) is 0. The van der Waals surface area contributed by atoms with E-state index >= 15 is 0 Å². The highest BCUT2D eigenvalue weighted by Crippen LogP contribution is 2.27. The van der Waals surface area contributed by atoms with Crippen molar-refractivity contribution in [3.8, 4) is 0 Å².